The molecule has 1 aliphatic rings. The first-order valence-electron chi connectivity index (χ1n) is 8.48. The Kier molecular flexibility index (Phi) is 5.18. The smallest absolute Gasteiger partial charge is 0.253 e. The summed E-state index contributed by atoms with van der Waals surface area (Å²) in [6.45, 7) is 3.64. The Hall–Kier alpha value is -2.21. The minimum atomic E-state index is -0.547. The average molecular weight is 357 g/mol. The Morgan fingerprint density at radius 1 is 1.32 bits per heavy atom. The fourth-order valence-electron chi connectivity index (χ4n) is 3.42. The molecule has 3 rings (SSSR count). The Morgan fingerprint density at radius 3 is 2.76 bits per heavy atom. The molecule has 2 aromatic rings. The van der Waals surface area contributed by atoms with E-state index in [0.29, 0.717) is 25.2 Å². The van der Waals surface area contributed by atoms with Crippen LogP contribution in [-0.2, 0) is 11.3 Å². The molecule has 0 radical (unpaired) electrons. The van der Waals surface area contributed by atoms with E-state index in [1.807, 2.05) is 54.6 Å². The molecule has 0 saturated carbocycles. The van der Waals surface area contributed by atoms with E-state index in [1.54, 1.807) is 22.4 Å². The SMILES string of the molecule is CN(Cc1nccs1)C(=O)[C@@]1(C)CCCN(C(=O)c2ccccc2)C1. The summed E-state index contributed by atoms with van der Waals surface area (Å²) in [6, 6.07) is 9.27. The number of hydrogen-bond donors (Lipinski definition) is 0. The van der Waals surface area contributed by atoms with Crippen molar-refractivity contribution in [2.45, 2.75) is 26.3 Å². The van der Waals surface area contributed by atoms with Crippen molar-refractivity contribution in [3.63, 3.8) is 0 Å². The van der Waals surface area contributed by atoms with Crippen LogP contribution in [0.25, 0.3) is 0 Å². The fraction of sp³-hybridized carbons (Fsp3) is 0.421. The Morgan fingerprint density at radius 2 is 2.08 bits per heavy atom. The van der Waals surface area contributed by atoms with E-state index in [0.717, 1.165) is 17.8 Å². The van der Waals surface area contributed by atoms with Gasteiger partial charge in [0.1, 0.15) is 5.01 Å². The third kappa shape index (κ3) is 3.90. The predicted octanol–water partition coefficient (Wildman–Crippen LogP) is 3.04. The molecule has 132 valence electrons. The summed E-state index contributed by atoms with van der Waals surface area (Å²) in [7, 11) is 1.81. The number of thiazole rings is 1. The first-order chi connectivity index (χ1) is 12.0. The van der Waals surface area contributed by atoms with Crippen LogP contribution in [0.1, 0.15) is 35.1 Å². The standard InChI is InChI=1S/C19H23N3O2S/c1-19(18(24)21(2)13-16-20-10-12-25-16)9-6-11-22(14-19)17(23)15-7-4-3-5-8-15/h3-5,7-8,10,12H,6,9,11,13-14H2,1-2H3/t19-/m0/s1. The van der Waals surface area contributed by atoms with E-state index in [1.165, 1.54) is 0 Å². The van der Waals surface area contributed by atoms with Crippen molar-refractivity contribution >= 4 is 23.2 Å². The summed E-state index contributed by atoms with van der Waals surface area (Å²) in [5.74, 6) is 0.0789. The van der Waals surface area contributed by atoms with Crippen LogP contribution in [0, 0.1) is 5.41 Å². The van der Waals surface area contributed by atoms with Crippen molar-refractivity contribution in [3.05, 3.63) is 52.5 Å². The molecule has 25 heavy (non-hydrogen) atoms. The van der Waals surface area contributed by atoms with Gasteiger partial charge in [-0.2, -0.15) is 0 Å². The maximum absolute atomic E-state index is 13.0. The zero-order chi connectivity index (χ0) is 17.9. The second kappa shape index (κ2) is 7.35. The number of piperidine rings is 1. The molecule has 1 aromatic heterocycles. The van der Waals surface area contributed by atoms with Crippen molar-refractivity contribution in [1.82, 2.24) is 14.8 Å². The third-order valence-electron chi connectivity index (χ3n) is 4.72. The summed E-state index contributed by atoms with van der Waals surface area (Å²) < 4.78 is 0. The maximum Gasteiger partial charge on any atom is 0.253 e. The molecule has 2 heterocycles. The number of carbonyl (C=O) groups is 2. The number of benzene rings is 1. The molecule has 6 heteroatoms. The van der Waals surface area contributed by atoms with Gasteiger partial charge in [-0.1, -0.05) is 18.2 Å². The lowest BCUT2D eigenvalue weighted by Gasteiger charge is -2.41. The van der Waals surface area contributed by atoms with E-state index in [9.17, 15) is 9.59 Å². The normalized spacial score (nSPS) is 20.3. The zero-order valence-electron chi connectivity index (χ0n) is 14.6. The molecular formula is C19H23N3O2S. The zero-order valence-corrected chi connectivity index (χ0v) is 15.5. The molecule has 0 N–H and O–H groups in total. The van der Waals surface area contributed by atoms with E-state index in [-0.39, 0.29) is 11.8 Å². The van der Waals surface area contributed by atoms with Gasteiger partial charge in [0.15, 0.2) is 0 Å². The molecule has 1 saturated heterocycles. The highest BCUT2D eigenvalue weighted by Crippen LogP contribution is 2.32. The number of aromatic nitrogens is 1. The average Bonchev–Trinajstić information content (AvgIpc) is 3.14. The van der Waals surface area contributed by atoms with E-state index >= 15 is 0 Å². The predicted molar refractivity (Wildman–Crippen MR) is 98.3 cm³/mol. The van der Waals surface area contributed by atoms with E-state index in [4.69, 9.17) is 0 Å². The number of hydrogen-bond acceptors (Lipinski definition) is 4. The van der Waals surface area contributed by atoms with Gasteiger partial charge in [0, 0.05) is 37.3 Å². The molecule has 5 nitrogen and oxygen atoms in total. The van der Waals surface area contributed by atoms with Crippen LogP contribution in [0.2, 0.25) is 0 Å². The fourth-order valence-corrected chi connectivity index (χ4v) is 4.09. The lowest BCUT2D eigenvalue weighted by Crippen LogP contribution is -2.52. The number of likely N-dealkylation sites (tertiary alicyclic amines) is 1. The molecule has 1 aliphatic heterocycles. The van der Waals surface area contributed by atoms with E-state index < -0.39 is 5.41 Å². The summed E-state index contributed by atoms with van der Waals surface area (Å²) in [4.78, 5) is 33.5. The van der Waals surface area contributed by atoms with Crippen LogP contribution in [0.5, 0.6) is 0 Å². The second-order valence-electron chi connectivity index (χ2n) is 6.84. The summed E-state index contributed by atoms with van der Waals surface area (Å²) >= 11 is 1.55. The molecule has 0 spiro atoms. The molecule has 1 fully saturated rings. The van der Waals surface area contributed by atoms with Crippen LogP contribution in [0.3, 0.4) is 0 Å². The first-order valence-corrected chi connectivity index (χ1v) is 9.36. The topological polar surface area (TPSA) is 53.5 Å². The highest BCUT2D eigenvalue weighted by molar-refractivity contribution is 7.09. The minimum Gasteiger partial charge on any atom is -0.338 e. The molecule has 0 aliphatic carbocycles. The number of amides is 2. The van der Waals surface area contributed by atoms with E-state index in [2.05, 4.69) is 4.98 Å². The summed E-state index contributed by atoms with van der Waals surface area (Å²) in [5, 5.41) is 2.84. The molecule has 2 amide bonds. The minimum absolute atomic E-state index is 0.00176. The van der Waals surface area contributed by atoms with Crippen molar-refractivity contribution in [3.8, 4) is 0 Å². The van der Waals surface area contributed by atoms with Gasteiger partial charge in [-0.15, -0.1) is 11.3 Å². The van der Waals surface area contributed by atoms with Gasteiger partial charge in [-0.3, -0.25) is 9.59 Å². The van der Waals surface area contributed by atoms with Gasteiger partial charge < -0.3 is 9.80 Å². The van der Waals surface area contributed by atoms with Gasteiger partial charge in [0.25, 0.3) is 5.91 Å². The van der Waals surface area contributed by atoms with Gasteiger partial charge in [0.05, 0.1) is 12.0 Å². The summed E-state index contributed by atoms with van der Waals surface area (Å²) in [5.41, 5.74) is 0.129. The summed E-state index contributed by atoms with van der Waals surface area (Å²) in [6.07, 6.45) is 3.39. The Bertz CT molecular complexity index is 732. The molecular weight excluding hydrogens is 334 g/mol. The molecule has 1 aromatic carbocycles. The number of carbonyl (C=O) groups excluding carboxylic acids is 2. The van der Waals surface area contributed by atoms with Crippen molar-refractivity contribution in [1.29, 1.82) is 0 Å². The number of nitrogens with zero attached hydrogens (tertiary/aromatic N) is 3. The van der Waals surface area contributed by atoms with Crippen LogP contribution < -0.4 is 0 Å². The Balaban J connectivity index is 1.70. The quantitative estimate of drug-likeness (QED) is 0.845. The highest BCUT2D eigenvalue weighted by Gasteiger charge is 2.41. The van der Waals surface area contributed by atoms with Gasteiger partial charge >= 0.3 is 0 Å². The van der Waals surface area contributed by atoms with Crippen molar-refractivity contribution < 1.29 is 9.59 Å². The highest BCUT2D eigenvalue weighted by atomic mass is 32.1. The lowest BCUT2D eigenvalue weighted by molar-refractivity contribution is -0.143. The van der Waals surface area contributed by atoms with Crippen LogP contribution in [0.15, 0.2) is 41.9 Å². The monoisotopic (exact) mass is 357 g/mol. The lowest BCUT2D eigenvalue weighted by atomic mass is 9.80. The van der Waals surface area contributed by atoms with Crippen LogP contribution in [-0.4, -0.2) is 46.7 Å². The van der Waals surface area contributed by atoms with Crippen molar-refractivity contribution in [2.24, 2.45) is 5.41 Å². The maximum atomic E-state index is 13.0. The van der Waals surface area contributed by atoms with Crippen LogP contribution >= 0.6 is 11.3 Å². The largest absolute Gasteiger partial charge is 0.338 e. The molecule has 0 unspecified atom stereocenters. The molecule has 1 atom stereocenters. The Labute approximate surface area is 152 Å². The van der Waals surface area contributed by atoms with Crippen LogP contribution in [0.4, 0.5) is 0 Å². The van der Waals surface area contributed by atoms with Gasteiger partial charge in [0.2, 0.25) is 5.91 Å². The van der Waals surface area contributed by atoms with Gasteiger partial charge in [-0.25, -0.2) is 4.98 Å². The number of rotatable bonds is 4. The first kappa shape index (κ1) is 17.6. The molecule has 0 bridgehead atoms. The van der Waals surface area contributed by atoms with Crippen molar-refractivity contribution in [2.75, 3.05) is 20.1 Å². The third-order valence-corrected chi connectivity index (χ3v) is 5.49. The van der Waals surface area contributed by atoms with Gasteiger partial charge in [-0.05, 0) is 31.9 Å². The second-order valence-corrected chi connectivity index (χ2v) is 7.82.